The molecule has 6 heteroatoms. The van der Waals surface area contributed by atoms with Gasteiger partial charge in [-0.1, -0.05) is 35.3 Å². The van der Waals surface area contributed by atoms with Gasteiger partial charge in [-0.2, -0.15) is 0 Å². The van der Waals surface area contributed by atoms with Gasteiger partial charge in [-0.15, -0.1) is 0 Å². The molecule has 0 aromatic heterocycles. The second-order valence-corrected chi connectivity index (χ2v) is 6.83. The zero-order valence-electron chi connectivity index (χ0n) is 14.0. The van der Waals surface area contributed by atoms with Crippen LogP contribution in [0.5, 0.6) is 0 Å². The number of morpholine rings is 1. The molecule has 4 nitrogen and oxygen atoms in total. The van der Waals surface area contributed by atoms with E-state index in [2.05, 4.69) is 22.3 Å². The van der Waals surface area contributed by atoms with Crippen LogP contribution in [0.25, 0.3) is 0 Å². The van der Waals surface area contributed by atoms with Crippen LogP contribution in [0.15, 0.2) is 42.5 Å². The first kappa shape index (κ1) is 18.1. The third-order valence-corrected chi connectivity index (χ3v) is 5.04. The maximum absolute atomic E-state index is 12.4. The van der Waals surface area contributed by atoms with Crippen molar-refractivity contribution in [3.63, 3.8) is 0 Å². The van der Waals surface area contributed by atoms with E-state index in [1.54, 1.807) is 18.2 Å². The lowest BCUT2D eigenvalue weighted by Gasteiger charge is -2.29. The predicted molar refractivity (Wildman–Crippen MR) is 102 cm³/mol. The molecule has 1 amide bonds. The van der Waals surface area contributed by atoms with Crippen molar-refractivity contribution in [1.82, 2.24) is 5.32 Å². The quantitative estimate of drug-likeness (QED) is 0.860. The molecular formula is C19H20Cl2N2O2. The SMILES string of the molecule is CC(NC(=O)c1ccc(Cl)c(Cl)c1)c1ccc(N2CCOCC2)cc1. The molecule has 0 radical (unpaired) electrons. The lowest BCUT2D eigenvalue weighted by atomic mass is 10.1. The van der Waals surface area contributed by atoms with Gasteiger partial charge in [0.25, 0.3) is 5.91 Å². The van der Waals surface area contributed by atoms with E-state index in [1.165, 1.54) is 5.69 Å². The average Bonchev–Trinajstić information content (AvgIpc) is 2.64. The lowest BCUT2D eigenvalue weighted by Crippen LogP contribution is -2.36. The number of carbonyl (C=O) groups is 1. The van der Waals surface area contributed by atoms with Gasteiger partial charge in [0, 0.05) is 24.3 Å². The van der Waals surface area contributed by atoms with Gasteiger partial charge in [-0.05, 0) is 42.8 Å². The zero-order chi connectivity index (χ0) is 17.8. The molecule has 1 fully saturated rings. The summed E-state index contributed by atoms with van der Waals surface area (Å²) in [4.78, 5) is 14.7. The van der Waals surface area contributed by atoms with Crippen LogP contribution >= 0.6 is 23.2 Å². The monoisotopic (exact) mass is 378 g/mol. The number of nitrogens with zero attached hydrogens (tertiary/aromatic N) is 1. The predicted octanol–water partition coefficient (Wildman–Crippen LogP) is 4.32. The van der Waals surface area contributed by atoms with Crippen molar-refractivity contribution in [3.8, 4) is 0 Å². The molecule has 0 spiro atoms. The molecule has 1 saturated heterocycles. The van der Waals surface area contributed by atoms with E-state index in [9.17, 15) is 4.79 Å². The van der Waals surface area contributed by atoms with Crippen LogP contribution in [0, 0.1) is 0 Å². The van der Waals surface area contributed by atoms with E-state index in [4.69, 9.17) is 27.9 Å². The van der Waals surface area contributed by atoms with Crippen molar-refractivity contribution < 1.29 is 9.53 Å². The zero-order valence-corrected chi connectivity index (χ0v) is 15.5. The summed E-state index contributed by atoms with van der Waals surface area (Å²) in [5, 5.41) is 3.79. The maximum Gasteiger partial charge on any atom is 0.251 e. The van der Waals surface area contributed by atoms with E-state index < -0.39 is 0 Å². The van der Waals surface area contributed by atoms with E-state index in [0.29, 0.717) is 15.6 Å². The van der Waals surface area contributed by atoms with Crippen molar-refractivity contribution in [2.75, 3.05) is 31.2 Å². The minimum atomic E-state index is -0.177. The normalized spacial score (nSPS) is 15.7. The summed E-state index contributed by atoms with van der Waals surface area (Å²) in [6, 6.07) is 13.0. The van der Waals surface area contributed by atoms with Crippen LogP contribution in [-0.4, -0.2) is 32.2 Å². The highest BCUT2D eigenvalue weighted by Crippen LogP contribution is 2.24. The highest BCUT2D eigenvalue weighted by atomic mass is 35.5. The number of anilines is 1. The van der Waals surface area contributed by atoms with Crippen LogP contribution < -0.4 is 10.2 Å². The number of halogens is 2. The molecular weight excluding hydrogens is 359 g/mol. The van der Waals surface area contributed by atoms with Crippen molar-refractivity contribution in [2.24, 2.45) is 0 Å². The van der Waals surface area contributed by atoms with Crippen molar-refractivity contribution in [3.05, 3.63) is 63.6 Å². The summed E-state index contributed by atoms with van der Waals surface area (Å²) < 4.78 is 5.38. The Kier molecular flexibility index (Phi) is 5.84. The second kappa shape index (κ2) is 8.09. The molecule has 132 valence electrons. The largest absolute Gasteiger partial charge is 0.378 e. The van der Waals surface area contributed by atoms with Crippen LogP contribution in [0.3, 0.4) is 0 Å². The fourth-order valence-corrected chi connectivity index (χ4v) is 3.09. The summed E-state index contributed by atoms with van der Waals surface area (Å²) in [7, 11) is 0. The number of hydrogen-bond acceptors (Lipinski definition) is 3. The molecule has 1 aliphatic rings. The maximum atomic E-state index is 12.4. The third-order valence-electron chi connectivity index (χ3n) is 4.30. The summed E-state index contributed by atoms with van der Waals surface area (Å²) in [6.45, 7) is 5.29. The van der Waals surface area contributed by atoms with Gasteiger partial charge in [0.1, 0.15) is 0 Å². The Bertz CT molecular complexity index is 744. The first-order valence-corrected chi connectivity index (χ1v) is 8.99. The number of amides is 1. The number of ether oxygens (including phenoxy) is 1. The van der Waals surface area contributed by atoms with E-state index >= 15 is 0 Å². The van der Waals surface area contributed by atoms with Crippen LogP contribution in [0.4, 0.5) is 5.69 Å². The van der Waals surface area contributed by atoms with Gasteiger partial charge >= 0.3 is 0 Å². The first-order chi connectivity index (χ1) is 12.0. The molecule has 0 saturated carbocycles. The Labute approximate surface area is 157 Å². The molecule has 1 heterocycles. The van der Waals surface area contributed by atoms with Gasteiger partial charge in [0.05, 0.1) is 29.3 Å². The Balaban J connectivity index is 1.65. The number of carbonyl (C=O) groups excluding carboxylic acids is 1. The van der Waals surface area contributed by atoms with Crippen molar-refractivity contribution in [2.45, 2.75) is 13.0 Å². The number of nitrogens with one attached hydrogen (secondary N) is 1. The summed E-state index contributed by atoms with van der Waals surface area (Å²) >= 11 is 11.9. The number of hydrogen-bond donors (Lipinski definition) is 1. The van der Waals surface area contributed by atoms with Crippen LogP contribution in [0.1, 0.15) is 28.9 Å². The first-order valence-electron chi connectivity index (χ1n) is 8.23. The Morgan fingerprint density at radius 2 is 1.76 bits per heavy atom. The second-order valence-electron chi connectivity index (χ2n) is 6.01. The molecule has 1 aliphatic heterocycles. The van der Waals surface area contributed by atoms with Gasteiger partial charge in [-0.25, -0.2) is 0 Å². The summed E-state index contributed by atoms with van der Waals surface area (Å²) in [5.74, 6) is -0.177. The topological polar surface area (TPSA) is 41.6 Å². The standard InChI is InChI=1S/C19H20Cl2N2O2/c1-13(22-19(24)15-4-7-17(20)18(21)12-15)14-2-5-16(6-3-14)23-8-10-25-11-9-23/h2-7,12-13H,8-11H2,1H3,(H,22,24). The molecule has 0 bridgehead atoms. The molecule has 25 heavy (non-hydrogen) atoms. The molecule has 1 atom stereocenters. The minimum absolute atomic E-state index is 0.110. The van der Waals surface area contributed by atoms with Gasteiger partial charge in [0.2, 0.25) is 0 Å². The summed E-state index contributed by atoms with van der Waals surface area (Å²) in [5.41, 5.74) is 2.71. The lowest BCUT2D eigenvalue weighted by molar-refractivity contribution is 0.0940. The average molecular weight is 379 g/mol. The third kappa shape index (κ3) is 4.46. The Hall–Kier alpha value is -1.75. The minimum Gasteiger partial charge on any atom is -0.378 e. The van der Waals surface area contributed by atoms with Crippen LogP contribution in [0.2, 0.25) is 10.0 Å². The molecule has 2 aromatic rings. The fraction of sp³-hybridized carbons (Fsp3) is 0.316. The smallest absolute Gasteiger partial charge is 0.251 e. The Morgan fingerprint density at radius 1 is 1.08 bits per heavy atom. The van der Waals surface area contributed by atoms with E-state index in [0.717, 1.165) is 31.9 Å². The molecule has 0 aliphatic carbocycles. The number of benzene rings is 2. The molecule has 1 unspecified atom stereocenters. The van der Waals surface area contributed by atoms with E-state index in [-0.39, 0.29) is 11.9 Å². The highest BCUT2D eigenvalue weighted by Gasteiger charge is 2.14. The van der Waals surface area contributed by atoms with Crippen LogP contribution in [-0.2, 0) is 4.74 Å². The van der Waals surface area contributed by atoms with Gasteiger partial charge in [-0.3, -0.25) is 4.79 Å². The Morgan fingerprint density at radius 3 is 2.40 bits per heavy atom. The van der Waals surface area contributed by atoms with Gasteiger partial charge in [0.15, 0.2) is 0 Å². The summed E-state index contributed by atoms with van der Waals surface area (Å²) in [6.07, 6.45) is 0. The van der Waals surface area contributed by atoms with Crippen molar-refractivity contribution >= 4 is 34.8 Å². The van der Waals surface area contributed by atoms with Crippen molar-refractivity contribution in [1.29, 1.82) is 0 Å². The fourth-order valence-electron chi connectivity index (χ4n) is 2.80. The van der Waals surface area contributed by atoms with Gasteiger partial charge < -0.3 is 15.0 Å². The molecule has 2 aromatic carbocycles. The highest BCUT2D eigenvalue weighted by molar-refractivity contribution is 6.42. The molecule has 1 N–H and O–H groups in total. The number of rotatable bonds is 4. The molecule has 3 rings (SSSR count). The van der Waals surface area contributed by atoms with E-state index in [1.807, 2.05) is 19.1 Å².